The van der Waals surface area contributed by atoms with Gasteiger partial charge in [0.2, 0.25) is 0 Å². The summed E-state index contributed by atoms with van der Waals surface area (Å²) in [5, 5.41) is 3.34. The van der Waals surface area contributed by atoms with E-state index in [1.807, 2.05) is 0 Å². The summed E-state index contributed by atoms with van der Waals surface area (Å²) in [7, 11) is 2.05. The van der Waals surface area contributed by atoms with Gasteiger partial charge in [0.1, 0.15) is 18.0 Å². The van der Waals surface area contributed by atoms with E-state index in [1.165, 1.54) is 12.8 Å². The minimum Gasteiger partial charge on any atom is -0.379 e. The number of hydrogen-bond acceptors (Lipinski definition) is 5. The largest absolute Gasteiger partial charge is 0.379 e. The van der Waals surface area contributed by atoms with E-state index in [-0.39, 0.29) is 0 Å². The van der Waals surface area contributed by atoms with Crippen molar-refractivity contribution in [2.75, 3.05) is 43.6 Å². The highest BCUT2D eigenvalue weighted by Crippen LogP contribution is 2.28. The maximum atomic E-state index is 5.68. The smallest absolute Gasteiger partial charge is 0.136 e. The van der Waals surface area contributed by atoms with E-state index in [0.29, 0.717) is 0 Å². The van der Waals surface area contributed by atoms with Gasteiger partial charge in [-0.25, -0.2) is 9.97 Å². The lowest BCUT2D eigenvalue weighted by atomic mass is 10.3. The Morgan fingerprint density at radius 2 is 2.20 bits per heavy atom. The first-order valence-electron chi connectivity index (χ1n) is 7.56. The number of ether oxygens (including phenoxy) is 1. The second-order valence-corrected chi connectivity index (χ2v) is 5.54. The van der Waals surface area contributed by atoms with Crippen molar-refractivity contribution in [1.82, 2.24) is 9.97 Å². The molecule has 0 aliphatic heterocycles. The Labute approximate surface area is 121 Å². The molecular formula is C15H26N4O. The van der Waals surface area contributed by atoms with Gasteiger partial charge in [0, 0.05) is 32.3 Å². The second kappa shape index (κ2) is 7.43. The zero-order valence-corrected chi connectivity index (χ0v) is 12.9. The normalized spacial score (nSPS) is 14.3. The van der Waals surface area contributed by atoms with E-state index >= 15 is 0 Å². The molecule has 0 bridgehead atoms. The van der Waals surface area contributed by atoms with Gasteiger partial charge in [-0.2, -0.15) is 0 Å². The van der Waals surface area contributed by atoms with Crippen LogP contribution >= 0.6 is 0 Å². The molecule has 0 unspecified atom stereocenters. The second-order valence-electron chi connectivity index (χ2n) is 5.54. The third-order valence-corrected chi connectivity index (χ3v) is 3.58. The predicted octanol–water partition coefficient (Wildman–Crippen LogP) is 2.47. The van der Waals surface area contributed by atoms with Crippen LogP contribution in [0.2, 0.25) is 0 Å². The van der Waals surface area contributed by atoms with Crippen molar-refractivity contribution in [3.05, 3.63) is 11.9 Å². The van der Waals surface area contributed by atoms with Crippen LogP contribution in [-0.4, -0.2) is 43.3 Å². The van der Waals surface area contributed by atoms with Crippen molar-refractivity contribution >= 4 is 11.6 Å². The minimum absolute atomic E-state index is 0.758. The first-order valence-corrected chi connectivity index (χ1v) is 7.56. The van der Waals surface area contributed by atoms with Crippen LogP contribution in [0.3, 0.4) is 0 Å². The van der Waals surface area contributed by atoms with E-state index in [0.717, 1.165) is 55.8 Å². The molecule has 0 saturated heterocycles. The Kier molecular flexibility index (Phi) is 5.59. The van der Waals surface area contributed by atoms with Gasteiger partial charge in [-0.05, 0) is 32.1 Å². The summed E-state index contributed by atoms with van der Waals surface area (Å²) in [4.78, 5) is 10.8. The van der Waals surface area contributed by atoms with E-state index in [9.17, 15) is 0 Å². The summed E-state index contributed by atoms with van der Waals surface area (Å²) in [5.41, 5.74) is 1.10. The van der Waals surface area contributed by atoms with Crippen molar-refractivity contribution in [3.8, 4) is 0 Å². The number of aromatic nitrogens is 2. The summed E-state index contributed by atoms with van der Waals surface area (Å²) < 4.78 is 5.68. The first kappa shape index (κ1) is 15.0. The standard InChI is InChI=1S/C15H26N4O/c1-4-7-16-14-12(2)15(18-11-17-14)19(3)8-9-20-10-13-5-6-13/h11,13H,4-10H2,1-3H3,(H,16,17,18). The lowest BCUT2D eigenvalue weighted by Gasteiger charge is -2.21. The molecular weight excluding hydrogens is 252 g/mol. The zero-order valence-electron chi connectivity index (χ0n) is 12.9. The molecule has 1 aromatic rings. The van der Waals surface area contributed by atoms with E-state index in [2.05, 4.69) is 41.1 Å². The summed E-state index contributed by atoms with van der Waals surface area (Å²) in [6.45, 7) is 7.68. The summed E-state index contributed by atoms with van der Waals surface area (Å²) >= 11 is 0. The number of rotatable bonds is 9. The van der Waals surface area contributed by atoms with Crippen LogP contribution < -0.4 is 10.2 Å². The molecule has 5 heteroatoms. The number of likely N-dealkylation sites (N-methyl/N-ethyl adjacent to an activating group) is 1. The summed E-state index contributed by atoms with van der Waals surface area (Å²) in [6.07, 6.45) is 5.39. The Morgan fingerprint density at radius 1 is 1.40 bits per heavy atom. The molecule has 0 amide bonds. The van der Waals surface area contributed by atoms with Gasteiger partial charge in [0.25, 0.3) is 0 Å². The van der Waals surface area contributed by atoms with Gasteiger partial charge >= 0.3 is 0 Å². The SMILES string of the molecule is CCCNc1ncnc(N(C)CCOCC2CC2)c1C. The molecule has 5 nitrogen and oxygen atoms in total. The fraction of sp³-hybridized carbons (Fsp3) is 0.733. The van der Waals surface area contributed by atoms with Crippen molar-refractivity contribution in [2.24, 2.45) is 5.92 Å². The van der Waals surface area contributed by atoms with Gasteiger partial charge in [0.15, 0.2) is 0 Å². The third kappa shape index (κ3) is 4.34. The minimum atomic E-state index is 0.758. The van der Waals surface area contributed by atoms with Gasteiger partial charge in [-0.15, -0.1) is 0 Å². The van der Waals surface area contributed by atoms with Gasteiger partial charge in [0.05, 0.1) is 6.61 Å². The van der Waals surface area contributed by atoms with Crippen molar-refractivity contribution in [2.45, 2.75) is 33.1 Å². The van der Waals surface area contributed by atoms with E-state index < -0.39 is 0 Å². The molecule has 2 rings (SSSR count). The molecule has 0 radical (unpaired) electrons. The highest BCUT2D eigenvalue weighted by molar-refractivity contribution is 5.57. The lowest BCUT2D eigenvalue weighted by Crippen LogP contribution is -2.25. The average Bonchev–Trinajstić information content (AvgIpc) is 3.26. The van der Waals surface area contributed by atoms with Crippen molar-refractivity contribution < 1.29 is 4.74 Å². The molecule has 0 atom stereocenters. The molecule has 112 valence electrons. The van der Waals surface area contributed by atoms with Crippen LogP contribution in [0.1, 0.15) is 31.7 Å². The van der Waals surface area contributed by atoms with Crippen molar-refractivity contribution in [1.29, 1.82) is 0 Å². The lowest BCUT2D eigenvalue weighted by molar-refractivity contribution is 0.130. The highest BCUT2D eigenvalue weighted by atomic mass is 16.5. The fourth-order valence-electron chi connectivity index (χ4n) is 2.09. The predicted molar refractivity (Wildman–Crippen MR) is 82.4 cm³/mol. The molecule has 1 aliphatic carbocycles. The van der Waals surface area contributed by atoms with Crippen LogP contribution in [0, 0.1) is 12.8 Å². The number of nitrogens with one attached hydrogen (secondary N) is 1. The first-order chi connectivity index (χ1) is 9.72. The summed E-state index contributed by atoms with van der Waals surface area (Å²) in [5.74, 6) is 2.74. The molecule has 1 fully saturated rings. The van der Waals surface area contributed by atoms with Crippen molar-refractivity contribution in [3.63, 3.8) is 0 Å². The van der Waals surface area contributed by atoms with Gasteiger partial charge < -0.3 is 15.0 Å². The fourth-order valence-corrected chi connectivity index (χ4v) is 2.09. The molecule has 0 aromatic carbocycles. The molecule has 1 saturated carbocycles. The number of hydrogen-bond donors (Lipinski definition) is 1. The zero-order chi connectivity index (χ0) is 14.4. The van der Waals surface area contributed by atoms with Crippen LogP contribution in [0.4, 0.5) is 11.6 Å². The van der Waals surface area contributed by atoms with E-state index in [1.54, 1.807) is 6.33 Å². The molecule has 1 N–H and O–H groups in total. The maximum Gasteiger partial charge on any atom is 0.136 e. The Morgan fingerprint density at radius 3 is 2.90 bits per heavy atom. The van der Waals surface area contributed by atoms with Crippen LogP contribution in [0.25, 0.3) is 0 Å². The highest BCUT2D eigenvalue weighted by Gasteiger charge is 2.21. The quantitative estimate of drug-likeness (QED) is 0.703. The van der Waals surface area contributed by atoms with Crippen LogP contribution in [-0.2, 0) is 4.74 Å². The van der Waals surface area contributed by atoms with Crippen LogP contribution in [0.5, 0.6) is 0 Å². The number of nitrogens with zero attached hydrogens (tertiary/aromatic N) is 3. The third-order valence-electron chi connectivity index (χ3n) is 3.58. The maximum absolute atomic E-state index is 5.68. The van der Waals surface area contributed by atoms with E-state index in [4.69, 9.17) is 4.74 Å². The Balaban J connectivity index is 1.85. The molecule has 20 heavy (non-hydrogen) atoms. The summed E-state index contributed by atoms with van der Waals surface area (Å²) in [6, 6.07) is 0. The van der Waals surface area contributed by atoms with Gasteiger partial charge in [-0.3, -0.25) is 0 Å². The monoisotopic (exact) mass is 278 g/mol. The topological polar surface area (TPSA) is 50.3 Å². The molecule has 1 aliphatic rings. The molecule has 1 aromatic heterocycles. The van der Waals surface area contributed by atoms with Gasteiger partial charge in [-0.1, -0.05) is 6.92 Å². The molecule has 1 heterocycles. The number of anilines is 2. The Bertz CT molecular complexity index is 420. The molecule has 0 spiro atoms. The Hall–Kier alpha value is -1.36. The van der Waals surface area contributed by atoms with Crippen LogP contribution in [0.15, 0.2) is 6.33 Å². The average molecular weight is 278 g/mol.